The molecule has 0 saturated carbocycles. The molecule has 30 heavy (non-hydrogen) atoms. The zero-order chi connectivity index (χ0) is 21.9. The normalized spacial score (nSPS) is 10.7. The molecule has 2 N–H and O–H groups in total. The second-order valence-corrected chi connectivity index (χ2v) is 7.10. The Hall–Kier alpha value is -2.77. The van der Waals surface area contributed by atoms with Crippen LogP contribution in [0.25, 0.3) is 0 Å². The highest BCUT2D eigenvalue weighted by atomic mass is 35.5. The monoisotopic (exact) mass is 451 g/mol. The molecule has 0 aliphatic carbocycles. The maximum absolute atomic E-state index is 11.7. The average Bonchev–Trinajstić information content (AvgIpc) is 2.73. The van der Waals surface area contributed by atoms with E-state index in [0.29, 0.717) is 33.7 Å². The van der Waals surface area contributed by atoms with Crippen molar-refractivity contribution in [3.63, 3.8) is 0 Å². The Balaban J connectivity index is 2.00. The van der Waals surface area contributed by atoms with E-state index in [4.69, 9.17) is 32.7 Å². The number of halogens is 2. The highest BCUT2D eigenvalue weighted by Gasteiger charge is 2.13. The predicted octanol–water partition coefficient (Wildman–Crippen LogP) is 3.95. The minimum Gasteiger partial charge on any atom is -0.493 e. The standard InChI is InChI=1S/C21H23Cl2N3O4/c1-3-4-9-24-20(27)21(28)26-25-12-15-10-17(23)19(18(11-15)29-2)30-13-14-5-7-16(22)8-6-14/h5-8,10-12H,3-4,9,13H2,1-2H3,(H,24,27)(H,26,28)/b25-12-. The van der Waals surface area contributed by atoms with Crippen LogP contribution in [-0.4, -0.2) is 31.7 Å². The van der Waals surface area contributed by atoms with Crippen LogP contribution in [0.15, 0.2) is 41.5 Å². The Morgan fingerprint density at radius 3 is 2.53 bits per heavy atom. The van der Waals surface area contributed by atoms with Crippen molar-refractivity contribution in [2.24, 2.45) is 5.10 Å². The molecule has 160 valence electrons. The van der Waals surface area contributed by atoms with Gasteiger partial charge in [-0.05, 0) is 41.8 Å². The van der Waals surface area contributed by atoms with Crippen molar-refractivity contribution in [2.75, 3.05) is 13.7 Å². The lowest BCUT2D eigenvalue weighted by Crippen LogP contribution is -2.38. The minimum absolute atomic E-state index is 0.282. The molecule has 7 nitrogen and oxygen atoms in total. The molecule has 0 saturated heterocycles. The number of nitrogens with zero attached hydrogens (tertiary/aromatic N) is 1. The molecule has 0 heterocycles. The number of benzene rings is 2. The summed E-state index contributed by atoms with van der Waals surface area (Å²) in [6.45, 7) is 2.71. The molecular weight excluding hydrogens is 429 g/mol. The Labute approximate surface area is 185 Å². The predicted molar refractivity (Wildman–Crippen MR) is 117 cm³/mol. The fourth-order valence-electron chi connectivity index (χ4n) is 2.37. The zero-order valence-electron chi connectivity index (χ0n) is 16.7. The van der Waals surface area contributed by atoms with Crippen molar-refractivity contribution in [1.82, 2.24) is 10.7 Å². The molecule has 2 aromatic rings. The third-order valence-electron chi connectivity index (χ3n) is 3.95. The number of hydrazone groups is 1. The number of ether oxygens (including phenoxy) is 2. The van der Waals surface area contributed by atoms with E-state index in [1.165, 1.54) is 13.3 Å². The number of hydrogen-bond acceptors (Lipinski definition) is 5. The quantitative estimate of drug-likeness (QED) is 0.261. The molecule has 0 bridgehead atoms. The molecule has 2 amide bonds. The minimum atomic E-state index is -0.844. The van der Waals surface area contributed by atoms with Crippen LogP contribution in [0.2, 0.25) is 10.0 Å². The van der Waals surface area contributed by atoms with Gasteiger partial charge in [0, 0.05) is 11.6 Å². The summed E-state index contributed by atoms with van der Waals surface area (Å²) in [5.74, 6) is -0.794. The number of hydrogen-bond donors (Lipinski definition) is 2. The summed E-state index contributed by atoms with van der Waals surface area (Å²) in [7, 11) is 1.49. The smallest absolute Gasteiger partial charge is 0.329 e. The first-order valence-electron chi connectivity index (χ1n) is 9.30. The SMILES string of the molecule is CCCCNC(=O)C(=O)N/N=C\c1cc(Cl)c(OCc2ccc(Cl)cc2)c(OC)c1. The molecule has 0 unspecified atom stereocenters. The van der Waals surface area contributed by atoms with Crippen molar-refractivity contribution in [3.05, 3.63) is 57.6 Å². The Morgan fingerprint density at radius 1 is 1.13 bits per heavy atom. The number of unbranched alkanes of at least 4 members (excludes halogenated alkanes) is 1. The van der Waals surface area contributed by atoms with Gasteiger partial charge in [-0.25, -0.2) is 5.43 Å². The topological polar surface area (TPSA) is 89.0 Å². The van der Waals surface area contributed by atoms with Gasteiger partial charge in [0.2, 0.25) is 0 Å². The van der Waals surface area contributed by atoms with Crippen LogP contribution in [0.1, 0.15) is 30.9 Å². The summed E-state index contributed by atoms with van der Waals surface area (Å²) in [5, 5.41) is 7.25. The maximum atomic E-state index is 11.7. The number of amides is 2. The first-order chi connectivity index (χ1) is 14.4. The van der Waals surface area contributed by atoms with E-state index >= 15 is 0 Å². The summed E-state index contributed by atoms with van der Waals surface area (Å²) in [4.78, 5) is 23.3. The van der Waals surface area contributed by atoms with Gasteiger partial charge in [0.05, 0.1) is 18.3 Å². The van der Waals surface area contributed by atoms with E-state index in [1.54, 1.807) is 24.3 Å². The van der Waals surface area contributed by atoms with Crippen LogP contribution >= 0.6 is 23.2 Å². The summed E-state index contributed by atoms with van der Waals surface area (Å²) in [6, 6.07) is 10.5. The van der Waals surface area contributed by atoms with Gasteiger partial charge in [-0.1, -0.05) is 48.7 Å². The fraction of sp³-hybridized carbons (Fsp3) is 0.286. The fourth-order valence-corrected chi connectivity index (χ4v) is 2.77. The van der Waals surface area contributed by atoms with Gasteiger partial charge in [0.25, 0.3) is 0 Å². The Kier molecular flexibility index (Phi) is 9.44. The molecule has 0 aromatic heterocycles. The summed E-state index contributed by atoms with van der Waals surface area (Å²) in [5.41, 5.74) is 3.65. The van der Waals surface area contributed by atoms with Gasteiger partial charge in [0.1, 0.15) is 6.61 Å². The number of carbonyl (C=O) groups excluding carboxylic acids is 2. The van der Waals surface area contributed by atoms with Gasteiger partial charge in [-0.15, -0.1) is 0 Å². The lowest BCUT2D eigenvalue weighted by molar-refractivity contribution is -0.139. The molecule has 0 spiro atoms. The number of carbonyl (C=O) groups is 2. The third kappa shape index (κ3) is 7.24. The van der Waals surface area contributed by atoms with Crippen LogP contribution in [0, 0.1) is 0 Å². The van der Waals surface area contributed by atoms with E-state index in [2.05, 4.69) is 15.8 Å². The van der Waals surface area contributed by atoms with Crippen molar-refractivity contribution in [2.45, 2.75) is 26.4 Å². The van der Waals surface area contributed by atoms with Crippen molar-refractivity contribution in [3.8, 4) is 11.5 Å². The van der Waals surface area contributed by atoms with Crippen LogP contribution in [0.3, 0.4) is 0 Å². The van der Waals surface area contributed by atoms with Crippen LogP contribution in [0.5, 0.6) is 11.5 Å². The second-order valence-electron chi connectivity index (χ2n) is 6.26. The van der Waals surface area contributed by atoms with Crippen molar-refractivity contribution in [1.29, 1.82) is 0 Å². The molecule has 0 radical (unpaired) electrons. The Bertz CT molecular complexity index is 902. The molecular formula is C21H23Cl2N3O4. The van der Waals surface area contributed by atoms with E-state index in [0.717, 1.165) is 18.4 Å². The van der Waals surface area contributed by atoms with Gasteiger partial charge >= 0.3 is 11.8 Å². The first kappa shape index (κ1) is 23.5. The molecule has 0 aliphatic rings. The second kappa shape index (κ2) is 12.0. The lowest BCUT2D eigenvalue weighted by Gasteiger charge is -2.13. The van der Waals surface area contributed by atoms with Gasteiger partial charge in [-0.3, -0.25) is 9.59 Å². The lowest BCUT2D eigenvalue weighted by atomic mass is 10.2. The third-order valence-corrected chi connectivity index (χ3v) is 4.48. The van der Waals surface area contributed by atoms with Gasteiger partial charge in [-0.2, -0.15) is 5.10 Å². The molecule has 0 atom stereocenters. The molecule has 2 aromatic carbocycles. The molecule has 9 heteroatoms. The van der Waals surface area contributed by atoms with E-state index in [1.807, 2.05) is 19.1 Å². The Morgan fingerprint density at radius 2 is 1.87 bits per heavy atom. The summed E-state index contributed by atoms with van der Waals surface area (Å²) in [6.07, 6.45) is 3.07. The van der Waals surface area contributed by atoms with Gasteiger partial charge in [0.15, 0.2) is 11.5 Å². The van der Waals surface area contributed by atoms with Crippen molar-refractivity contribution >= 4 is 41.2 Å². The molecule has 2 rings (SSSR count). The van der Waals surface area contributed by atoms with E-state index in [9.17, 15) is 9.59 Å². The largest absolute Gasteiger partial charge is 0.493 e. The number of rotatable bonds is 9. The molecule has 0 aliphatic heterocycles. The van der Waals surface area contributed by atoms with Crippen LogP contribution < -0.4 is 20.2 Å². The number of nitrogens with one attached hydrogen (secondary N) is 2. The summed E-state index contributed by atoms with van der Waals surface area (Å²) < 4.78 is 11.1. The van der Waals surface area contributed by atoms with E-state index in [-0.39, 0.29) is 6.61 Å². The highest BCUT2D eigenvalue weighted by Crippen LogP contribution is 2.36. The van der Waals surface area contributed by atoms with Crippen LogP contribution in [0.4, 0.5) is 0 Å². The average molecular weight is 452 g/mol. The highest BCUT2D eigenvalue weighted by molar-refractivity contribution is 6.35. The van der Waals surface area contributed by atoms with Crippen LogP contribution in [-0.2, 0) is 16.2 Å². The van der Waals surface area contributed by atoms with E-state index < -0.39 is 11.8 Å². The molecule has 0 fully saturated rings. The number of methoxy groups -OCH3 is 1. The van der Waals surface area contributed by atoms with Crippen molar-refractivity contribution < 1.29 is 19.1 Å². The zero-order valence-corrected chi connectivity index (χ0v) is 18.2. The first-order valence-corrected chi connectivity index (χ1v) is 10.1. The summed E-state index contributed by atoms with van der Waals surface area (Å²) >= 11 is 12.2. The van der Waals surface area contributed by atoms with Gasteiger partial charge < -0.3 is 14.8 Å². The maximum Gasteiger partial charge on any atom is 0.329 e.